The van der Waals surface area contributed by atoms with Gasteiger partial charge in [-0.15, -0.1) is 0 Å². The van der Waals surface area contributed by atoms with Gasteiger partial charge < -0.3 is 14.6 Å². The number of pyridine rings is 1. The Bertz CT molecular complexity index is 578. The predicted molar refractivity (Wildman–Crippen MR) is 74.1 cm³/mol. The monoisotopic (exact) mass is 260 g/mol. The molecule has 2 aromatic rings. The minimum atomic E-state index is 0.251. The number of methoxy groups -OCH3 is 1. The summed E-state index contributed by atoms with van der Waals surface area (Å²) < 4.78 is 7.65. The standard InChI is InChI=1S/C14H20N4O/c1-9(2)18-13-11(5-4-6-15-13)17-14(18)12-7-10(19-3)8-16-12/h4-6,9-10,12,16H,7-8H2,1-3H3. The summed E-state index contributed by atoms with van der Waals surface area (Å²) in [5.74, 6) is 1.07. The highest BCUT2D eigenvalue weighted by Gasteiger charge is 2.30. The third kappa shape index (κ3) is 2.13. The molecule has 0 radical (unpaired) electrons. The maximum absolute atomic E-state index is 5.42. The van der Waals surface area contributed by atoms with Gasteiger partial charge in [0.1, 0.15) is 11.3 Å². The second-order valence-corrected chi connectivity index (χ2v) is 5.33. The number of rotatable bonds is 3. The molecule has 0 aliphatic carbocycles. The maximum atomic E-state index is 5.42. The van der Waals surface area contributed by atoms with Crippen LogP contribution in [-0.2, 0) is 4.74 Å². The van der Waals surface area contributed by atoms with Crippen LogP contribution < -0.4 is 5.32 Å². The summed E-state index contributed by atoms with van der Waals surface area (Å²) in [5, 5.41) is 3.49. The van der Waals surface area contributed by atoms with Crippen LogP contribution in [0, 0.1) is 0 Å². The van der Waals surface area contributed by atoms with Gasteiger partial charge in [-0.1, -0.05) is 0 Å². The van der Waals surface area contributed by atoms with E-state index in [1.54, 1.807) is 7.11 Å². The Labute approximate surface area is 113 Å². The van der Waals surface area contributed by atoms with Gasteiger partial charge in [0.05, 0.1) is 12.1 Å². The fourth-order valence-electron chi connectivity index (χ4n) is 2.78. The Morgan fingerprint density at radius 2 is 2.32 bits per heavy atom. The van der Waals surface area contributed by atoms with Crippen LogP contribution in [0.2, 0.25) is 0 Å². The molecule has 2 aromatic heterocycles. The zero-order chi connectivity index (χ0) is 13.4. The van der Waals surface area contributed by atoms with E-state index in [-0.39, 0.29) is 12.1 Å². The highest BCUT2D eigenvalue weighted by Crippen LogP contribution is 2.29. The number of nitrogens with zero attached hydrogens (tertiary/aromatic N) is 3. The molecule has 3 rings (SSSR count). The number of nitrogens with one attached hydrogen (secondary N) is 1. The second kappa shape index (κ2) is 4.90. The van der Waals surface area contributed by atoms with Crippen LogP contribution >= 0.6 is 0 Å². The van der Waals surface area contributed by atoms with Gasteiger partial charge in [-0.25, -0.2) is 9.97 Å². The van der Waals surface area contributed by atoms with Crippen LogP contribution in [0.15, 0.2) is 18.3 Å². The fraction of sp³-hybridized carbons (Fsp3) is 0.571. The summed E-state index contributed by atoms with van der Waals surface area (Å²) in [6.07, 6.45) is 3.07. The first kappa shape index (κ1) is 12.6. The van der Waals surface area contributed by atoms with Crippen LogP contribution in [-0.4, -0.2) is 34.3 Å². The maximum Gasteiger partial charge on any atom is 0.160 e. The van der Waals surface area contributed by atoms with Crippen LogP contribution in [0.4, 0.5) is 0 Å². The van der Waals surface area contributed by atoms with Gasteiger partial charge in [-0.05, 0) is 32.4 Å². The normalized spacial score (nSPS) is 23.6. The summed E-state index contributed by atoms with van der Waals surface area (Å²) in [7, 11) is 1.77. The SMILES string of the molecule is COC1CNC(c2nc3cccnc3n2C(C)C)C1. The van der Waals surface area contributed by atoms with Gasteiger partial charge in [-0.2, -0.15) is 0 Å². The lowest BCUT2D eigenvalue weighted by Crippen LogP contribution is -2.19. The Kier molecular flexibility index (Phi) is 3.24. The van der Waals surface area contributed by atoms with E-state index >= 15 is 0 Å². The van der Waals surface area contributed by atoms with Crippen LogP contribution in [0.1, 0.15) is 38.2 Å². The molecule has 0 spiro atoms. The molecule has 5 heteroatoms. The van der Waals surface area contributed by atoms with Crippen molar-refractivity contribution in [2.24, 2.45) is 0 Å². The lowest BCUT2D eigenvalue weighted by molar-refractivity contribution is 0.117. The summed E-state index contributed by atoms with van der Waals surface area (Å²) in [5.41, 5.74) is 1.93. The predicted octanol–water partition coefficient (Wildman–Crippen LogP) is 2.06. The molecule has 1 fully saturated rings. The van der Waals surface area contributed by atoms with Crippen molar-refractivity contribution in [3.63, 3.8) is 0 Å². The molecule has 1 saturated heterocycles. The Morgan fingerprint density at radius 1 is 1.47 bits per heavy atom. The Morgan fingerprint density at radius 3 is 3.00 bits per heavy atom. The van der Waals surface area contributed by atoms with Crippen LogP contribution in [0.5, 0.6) is 0 Å². The average Bonchev–Trinajstić information content (AvgIpc) is 3.02. The van der Waals surface area contributed by atoms with Crippen LogP contribution in [0.25, 0.3) is 11.2 Å². The van der Waals surface area contributed by atoms with Gasteiger partial charge in [0.15, 0.2) is 5.65 Å². The molecule has 2 atom stereocenters. The first-order valence-corrected chi connectivity index (χ1v) is 6.79. The zero-order valence-corrected chi connectivity index (χ0v) is 11.6. The molecule has 0 saturated carbocycles. The molecule has 5 nitrogen and oxygen atoms in total. The quantitative estimate of drug-likeness (QED) is 0.917. The van der Waals surface area contributed by atoms with Gasteiger partial charge >= 0.3 is 0 Å². The molecule has 1 aliphatic rings. The summed E-state index contributed by atoms with van der Waals surface area (Å²) in [4.78, 5) is 9.24. The van der Waals surface area contributed by atoms with E-state index in [1.807, 2.05) is 18.3 Å². The van der Waals surface area contributed by atoms with E-state index in [0.29, 0.717) is 6.04 Å². The molecular formula is C14H20N4O. The Balaban J connectivity index is 2.05. The average molecular weight is 260 g/mol. The lowest BCUT2D eigenvalue weighted by Gasteiger charge is -2.16. The second-order valence-electron chi connectivity index (χ2n) is 5.33. The van der Waals surface area contributed by atoms with Crippen molar-refractivity contribution in [3.8, 4) is 0 Å². The molecule has 19 heavy (non-hydrogen) atoms. The minimum Gasteiger partial charge on any atom is -0.380 e. The van der Waals surface area contributed by atoms with Gasteiger partial charge in [-0.3, -0.25) is 0 Å². The lowest BCUT2D eigenvalue weighted by atomic mass is 10.2. The van der Waals surface area contributed by atoms with Crippen molar-refractivity contribution < 1.29 is 4.74 Å². The minimum absolute atomic E-state index is 0.251. The number of ether oxygens (including phenoxy) is 1. The van der Waals surface area contributed by atoms with E-state index in [9.17, 15) is 0 Å². The van der Waals surface area contributed by atoms with E-state index in [1.165, 1.54) is 0 Å². The van der Waals surface area contributed by atoms with Crippen molar-refractivity contribution in [1.29, 1.82) is 0 Å². The molecule has 3 heterocycles. The smallest absolute Gasteiger partial charge is 0.160 e. The third-order valence-electron chi connectivity index (χ3n) is 3.73. The van der Waals surface area contributed by atoms with Crippen molar-refractivity contribution in [1.82, 2.24) is 19.9 Å². The molecule has 2 unspecified atom stereocenters. The van der Waals surface area contributed by atoms with E-state index in [4.69, 9.17) is 9.72 Å². The highest BCUT2D eigenvalue weighted by molar-refractivity contribution is 5.71. The fourth-order valence-corrected chi connectivity index (χ4v) is 2.78. The third-order valence-corrected chi connectivity index (χ3v) is 3.73. The highest BCUT2D eigenvalue weighted by atomic mass is 16.5. The molecule has 1 N–H and O–H groups in total. The molecule has 0 aromatic carbocycles. The van der Waals surface area contributed by atoms with Crippen molar-refractivity contribution in [3.05, 3.63) is 24.2 Å². The molecule has 102 valence electrons. The largest absolute Gasteiger partial charge is 0.380 e. The van der Waals surface area contributed by atoms with E-state index < -0.39 is 0 Å². The summed E-state index contributed by atoms with van der Waals surface area (Å²) in [6, 6.07) is 4.55. The molecule has 1 aliphatic heterocycles. The number of hydrogen-bond acceptors (Lipinski definition) is 4. The van der Waals surface area contributed by atoms with Crippen molar-refractivity contribution in [2.45, 2.75) is 38.5 Å². The molecular weight excluding hydrogens is 240 g/mol. The van der Waals surface area contributed by atoms with Gasteiger partial charge in [0.2, 0.25) is 0 Å². The van der Waals surface area contributed by atoms with E-state index in [0.717, 1.165) is 30.0 Å². The molecule has 0 bridgehead atoms. The number of imidazole rings is 1. The first-order valence-electron chi connectivity index (χ1n) is 6.79. The van der Waals surface area contributed by atoms with Crippen molar-refractivity contribution >= 4 is 11.2 Å². The Hall–Kier alpha value is -1.46. The van der Waals surface area contributed by atoms with Gasteiger partial charge in [0.25, 0.3) is 0 Å². The zero-order valence-electron chi connectivity index (χ0n) is 11.6. The first-order chi connectivity index (χ1) is 9.20. The van der Waals surface area contributed by atoms with Crippen LogP contribution in [0.3, 0.4) is 0 Å². The summed E-state index contributed by atoms with van der Waals surface area (Å²) in [6.45, 7) is 5.22. The number of hydrogen-bond donors (Lipinski definition) is 1. The number of fused-ring (bicyclic) bond motifs is 1. The number of aromatic nitrogens is 3. The topological polar surface area (TPSA) is 52.0 Å². The molecule has 0 amide bonds. The summed E-state index contributed by atoms with van der Waals surface area (Å²) >= 11 is 0. The van der Waals surface area contributed by atoms with Crippen molar-refractivity contribution in [2.75, 3.05) is 13.7 Å². The van der Waals surface area contributed by atoms with Gasteiger partial charge in [0, 0.05) is 25.9 Å². The van der Waals surface area contributed by atoms with E-state index in [2.05, 4.69) is 28.7 Å².